The fourth-order valence-corrected chi connectivity index (χ4v) is 2.14. The van der Waals surface area contributed by atoms with Crippen LogP contribution >= 0.6 is 11.8 Å². The Morgan fingerprint density at radius 1 is 1.47 bits per heavy atom. The van der Waals surface area contributed by atoms with Crippen LogP contribution in [0.4, 0.5) is 5.82 Å². The van der Waals surface area contributed by atoms with E-state index < -0.39 is 0 Å². The Balaban J connectivity index is 2.54. The van der Waals surface area contributed by atoms with Crippen LogP contribution in [0.5, 0.6) is 0 Å². The Bertz CT molecular complexity index is 401. The van der Waals surface area contributed by atoms with E-state index in [0.29, 0.717) is 0 Å². The molecule has 0 radical (unpaired) electrons. The normalized spacial score (nSPS) is 14.2. The van der Waals surface area contributed by atoms with Gasteiger partial charge in [0.25, 0.3) is 0 Å². The lowest BCUT2D eigenvalue weighted by Gasteiger charge is -2.26. The molecule has 0 saturated carbocycles. The number of anilines is 1. The van der Waals surface area contributed by atoms with Crippen molar-refractivity contribution in [3.05, 3.63) is 17.3 Å². The molecule has 15 heavy (non-hydrogen) atoms. The zero-order valence-corrected chi connectivity index (χ0v) is 10.1. The Morgan fingerprint density at radius 3 is 2.93 bits per heavy atom. The highest BCUT2D eigenvalue weighted by Crippen LogP contribution is 2.27. The fraction of sp³-hybridized carbons (Fsp3) is 0.455. The highest BCUT2D eigenvalue weighted by molar-refractivity contribution is 7.98. The van der Waals surface area contributed by atoms with Gasteiger partial charge < -0.3 is 4.90 Å². The van der Waals surface area contributed by atoms with Crippen molar-refractivity contribution in [3.63, 3.8) is 0 Å². The topological polar surface area (TPSA) is 29.0 Å². The summed E-state index contributed by atoms with van der Waals surface area (Å²) in [5, 5.41) is 0.861. The first-order chi connectivity index (χ1) is 7.26. The van der Waals surface area contributed by atoms with Gasteiger partial charge in [0.1, 0.15) is 5.82 Å². The van der Waals surface area contributed by atoms with Crippen LogP contribution in [0, 0.1) is 6.92 Å². The van der Waals surface area contributed by atoms with Crippen molar-refractivity contribution in [2.75, 3.05) is 24.2 Å². The van der Waals surface area contributed by atoms with Crippen LogP contribution < -0.4 is 4.90 Å². The van der Waals surface area contributed by atoms with Gasteiger partial charge in [0.05, 0.1) is 5.69 Å². The molecule has 0 bridgehead atoms. The van der Waals surface area contributed by atoms with Crippen LogP contribution in [-0.2, 0) is 0 Å². The van der Waals surface area contributed by atoms with E-state index in [-0.39, 0.29) is 0 Å². The Kier molecular flexibility index (Phi) is 2.95. The lowest BCUT2D eigenvalue weighted by molar-refractivity contribution is 0.825. The maximum atomic E-state index is 4.57. The molecular weight excluding hydrogens is 206 g/mol. The van der Waals surface area contributed by atoms with E-state index in [2.05, 4.69) is 33.9 Å². The fourth-order valence-electron chi connectivity index (χ4n) is 1.73. The molecule has 2 heterocycles. The van der Waals surface area contributed by atoms with Crippen molar-refractivity contribution < 1.29 is 0 Å². The molecular formula is C11H15N3S. The first-order valence-corrected chi connectivity index (χ1v) is 6.32. The second-order valence-electron chi connectivity index (χ2n) is 3.47. The minimum absolute atomic E-state index is 0.861. The third-order valence-corrected chi connectivity index (χ3v) is 3.12. The van der Waals surface area contributed by atoms with Crippen LogP contribution in [0.3, 0.4) is 0 Å². The van der Waals surface area contributed by atoms with E-state index in [1.807, 2.05) is 13.2 Å². The van der Waals surface area contributed by atoms with E-state index in [1.165, 1.54) is 5.56 Å². The summed E-state index contributed by atoms with van der Waals surface area (Å²) >= 11 is 1.60. The highest BCUT2D eigenvalue weighted by atomic mass is 32.2. The van der Waals surface area contributed by atoms with Gasteiger partial charge in [0.15, 0.2) is 5.16 Å². The van der Waals surface area contributed by atoms with E-state index in [1.54, 1.807) is 11.8 Å². The molecule has 0 saturated heterocycles. The predicted octanol–water partition coefficient (Wildman–Crippen LogP) is 2.36. The van der Waals surface area contributed by atoms with Gasteiger partial charge in [0.2, 0.25) is 0 Å². The Hall–Kier alpha value is -1.03. The van der Waals surface area contributed by atoms with Crippen LogP contribution in [0.2, 0.25) is 0 Å². The second-order valence-corrected chi connectivity index (χ2v) is 4.25. The molecule has 1 aliphatic heterocycles. The van der Waals surface area contributed by atoms with Crippen LogP contribution in [0.15, 0.2) is 11.2 Å². The van der Waals surface area contributed by atoms with Crippen molar-refractivity contribution in [2.24, 2.45) is 0 Å². The smallest absolute Gasteiger partial charge is 0.189 e. The standard InChI is InChI=1S/C11H15N3S/c1-4-14-7-5-6-9-8(2)12-11(15-3)13-10(9)14/h5-6H,4,7H2,1-3H3. The van der Waals surface area contributed by atoms with Gasteiger partial charge in [0, 0.05) is 18.7 Å². The summed E-state index contributed by atoms with van der Waals surface area (Å²) in [6, 6.07) is 0. The number of fused-ring (bicyclic) bond motifs is 1. The predicted molar refractivity (Wildman–Crippen MR) is 65.5 cm³/mol. The molecule has 0 atom stereocenters. The number of aryl methyl sites for hydroxylation is 1. The summed E-state index contributed by atoms with van der Waals surface area (Å²) in [5.74, 6) is 1.08. The maximum absolute atomic E-state index is 4.57. The number of hydrogen-bond donors (Lipinski definition) is 0. The lowest BCUT2D eigenvalue weighted by Crippen LogP contribution is -2.27. The quantitative estimate of drug-likeness (QED) is 0.566. The second kappa shape index (κ2) is 4.23. The molecule has 0 aliphatic carbocycles. The molecule has 0 unspecified atom stereocenters. The minimum Gasteiger partial charge on any atom is -0.353 e. The molecule has 2 rings (SSSR count). The van der Waals surface area contributed by atoms with E-state index in [0.717, 1.165) is 29.8 Å². The van der Waals surface area contributed by atoms with Gasteiger partial charge in [-0.05, 0) is 20.1 Å². The van der Waals surface area contributed by atoms with Gasteiger partial charge in [-0.1, -0.05) is 23.9 Å². The molecule has 3 nitrogen and oxygen atoms in total. The third kappa shape index (κ3) is 1.86. The van der Waals surface area contributed by atoms with Gasteiger partial charge in [-0.25, -0.2) is 9.97 Å². The summed E-state index contributed by atoms with van der Waals surface area (Å²) in [5.41, 5.74) is 2.24. The molecule has 1 aromatic rings. The number of likely N-dealkylation sites (N-methyl/N-ethyl adjacent to an activating group) is 1. The molecule has 0 N–H and O–H groups in total. The first-order valence-electron chi connectivity index (χ1n) is 5.10. The average Bonchev–Trinajstić information content (AvgIpc) is 2.28. The van der Waals surface area contributed by atoms with E-state index in [4.69, 9.17) is 0 Å². The van der Waals surface area contributed by atoms with Crippen LogP contribution in [0.1, 0.15) is 18.2 Å². The highest BCUT2D eigenvalue weighted by Gasteiger charge is 2.16. The Morgan fingerprint density at radius 2 is 2.27 bits per heavy atom. The number of aromatic nitrogens is 2. The molecule has 0 fully saturated rings. The van der Waals surface area contributed by atoms with Gasteiger partial charge in [-0.15, -0.1) is 0 Å². The Labute approximate surface area is 94.6 Å². The van der Waals surface area contributed by atoms with Crippen molar-refractivity contribution >= 4 is 23.7 Å². The monoisotopic (exact) mass is 221 g/mol. The van der Waals surface area contributed by atoms with Crippen LogP contribution in [0.25, 0.3) is 6.08 Å². The molecule has 0 aromatic carbocycles. The van der Waals surface area contributed by atoms with Crippen molar-refractivity contribution in [1.82, 2.24) is 9.97 Å². The maximum Gasteiger partial charge on any atom is 0.189 e. The van der Waals surface area contributed by atoms with Gasteiger partial charge in [-0.3, -0.25) is 0 Å². The number of thioether (sulfide) groups is 1. The number of rotatable bonds is 2. The zero-order chi connectivity index (χ0) is 10.8. The summed E-state index contributed by atoms with van der Waals surface area (Å²) < 4.78 is 0. The molecule has 4 heteroatoms. The van der Waals surface area contributed by atoms with E-state index >= 15 is 0 Å². The largest absolute Gasteiger partial charge is 0.353 e. The molecule has 1 aliphatic rings. The SMILES string of the molecule is CCN1CC=Cc2c(C)nc(SC)nc21. The van der Waals surface area contributed by atoms with Gasteiger partial charge in [-0.2, -0.15) is 0 Å². The molecule has 0 spiro atoms. The number of hydrogen-bond acceptors (Lipinski definition) is 4. The summed E-state index contributed by atoms with van der Waals surface area (Å²) in [4.78, 5) is 11.3. The van der Waals surface area contributed by atoms with Crippen molar-refractivity contribution in [1.29, 1.82) is 0 Å². The average molecular weight is 221 g/mol. The van der Waals surface area contributed by atoms with Crippen molar-refractivity contribution in [2.45, 2.75) is 19.0 Å². The van der Waals surface area contributed by atoms with E-state index in [9.17, 15) is 0 Å². The summed E-state index contributed by atoms with van der Waals surface area (Å²) in [6.45, 7) is 6.14. The zero-order valence-electron chi connectivity index (χ0n) is 9.32. The molecule has 80 valence electrons. The molecule has 1 aromatic heterocycles. The first kappa shape index (κ1) is 10.5. The minimum atomic E-state index is 0.861. The molecule has 0 amide bonds. The summed E-state index contributed by atoms with van der Waals surface area (Å²) in [7, 11) is 0. The third-order valence-electron chi connectivity index (χ3n) is 2.57. The number of nitrogens with zero attached hydrogens (tertiary/aromatic N) is 3. The van der Waals surface area contributed by atoms with Gasteiger partial charge >= 0.3 is 0 Å². The lowest BCUT2D eigenvalue weighted by atomic mass is 10.1. The summed E-state index contributed by atoms with van der Waals surface area (Å²) in [6.07, 6.45) is 6.30. The van der Waals surface area contributed by atoms with Crippen LogP contribution in [-0.4, -0.2) is 29.3 Å². The van der Waals surface area contributed by atoms with Crippen molar-refractivity contribution in [3.8, 4) is 0 Å².